The van der Waals surface area contributed by atoms with E-state index in [2.05, 4.69) is 4.74 Å². The summed E-state index contributed by atoms with van der Waals surface area (Å²) in [6, 6.07) is 0. The van der Waals surface area contributed by atoms with Crippen LogP contribution >= 0.6 is 0 Å². The summed E-state index contributed by atoms with van der Waals surface area (Å²) in [5.41, 5.74) is 0.274. The first-order valence-electron chi connectivity index (χ1n) is 3.20. The molecule has 0 bridgehead atoms. The van der Waals surface area contributed by atoms with Crippen LogP contribution in [0.4, 0.5) is 0 Å². The summed E-state index contributed by atoms with van der Waals surface area (Å²) in [5, 5.41) is 15.3. The van der Waals surface area contributed by atoms with E-state index in [9.17, 15) is 4.79 Å². The molecule has 0 aliphatic rings. The van der Waals surface area contributed by atoms with Crippen LogP contribution in [0.1, 0.15) is 13.8 Å². The lowest BCUT2D eigenvalue weighted by atomic mass is 10.1. The number of nitrogens with one attached hydrogen (secondary N) is 2. The Labute approximate surface area is 64.8 Å². The second-order valence-electron chi connectivity index (χ2n) is 2.18. The smallest absolute Gasteiger partial charge is 0.333 e. The zero-order valence-electron chi connectivity index (χ0n) is 6.55. The zero-order valence-corrected chi connectivity index (χ0v) is 6.55. The number of esters is 1. The van der Waals surface area contributed by atoms with Crippen molar-refractivity contribution in [2.24, 2.45) is 0 Å². The normalized spacial score (nSPS) is 15.2. The second-order valence-corrected chi connectivity index (χ2v) is 2.18. The zero-order chi connectivity index (χ0) is 8.91. The minimum atomic E-state index is -1.42. The van der Waals surface area contributed by atoms with Gasteiger partial charge in [-0.15, -0.1) is 0 Å². The monoisotopic (exact) mass is 160 g/mol. The van der Waals surface area contributed by atoms with Crippen LogP contribution in [0.15, 0.2) is 0 Å². The van der Waals surface area contributed by atoms with Crippen LogP contribution in [0, 0.1) is 5.41 Å². The molecule has 3 N–H and O–H groups in total. The summed E-state index contributed by atoms with van der Waals surface area (Å²) < 4.78 is 4.58. The first-order valence-corrected chi connectivity index (χ1v) is 3.20. The highest BCUT2D eigenvalue weighted by Crippen LogP contribution is 2.01. The maximum Gasteiger partial charge on any atom is 0.333 e. The number of rotatable bonds is 4. The summed E-state index contributed by atoms with van der Waals surface area (Å²) >= 11 is 0. The highest BCUT2D eigenvalue weighted by molar-refractivity contribution is 5.98. The number of hydroxylamine groups is 1. The molecule has 0 radical (unpaired) electrons. The number of hydrogen-bond acceptors (Lipinski definition) is 5. The van der Waals surface area contributed by atoms with Gasteiger partial charge in [-0.3, -0.25) is 0 Å². The minimum Gasteiger partial charge on any atom is -0.464 e. The maximum atomic E-state index is 10.9. The first kappa shape index (κ1) is 10.1. The average Bonchev–Trinajstić information content (AvgIpc) is 2.03. The lowest BCUT2D eigenvalue weighted by Gasteiger charge is -2.19. The van der Waals surface area contributed by atoms with Gasteiger partial charge in [-0.2, -0.15) is 5.48 Å². The van der Waals surface area contributed by atoms with Gasteiger partial charge in [0, 0.05) is 6.21 Å². The molecule has 0 heterocycles. The maximum absolute atomic E-state index is 10.9. The quantitative estimate of drug-likeness (QED) is 0.305. The van der Waals surface area contributed by atoms with E-state index in [0.29, 0.717) is 0 Å². The Morgan fingerprint density at radius 1 is 1.91 bits per heavy atom. The van der Waals surface area contributed by atoms with Crippen LogP contribution in [0.2, 0.25) is 0 Å². The van der Waals surface area contributed by atoms with Crippen LogP contribution in [0.3, 0.4) is 0 Å². The van der Waals surface area contributed by atoms with Crippen molar-refractivity contribution in [3.05, 3.63) is 0 Å². The van der Waals surface area contributed by atoms with E-state index in [4.69, 9.17) is 10.6 Å². The van der Waals surface area contributed by atoms with E-state index >= 15 is 0 Å². The molecule has 0 aliphatic heterocycles. The fourth-order valence-electron chi connectivity index (χ4n) is 0.418. The molecule has 1 unspecified atom stereocenters. The van der Waals surface area contributed by atoms with Crippen LogP contribution in [-0.4, -0.2) is 29.5 Å². The van der Waals surface area contributed by atoms with Gasteiger partial charge in [0.15, 0.2) is 5.54 Å². The summed E-state index contributed by atoms with van der Waals surface area (Å²) in [7, 11) is 0. The van der Waals surface area contributed by atoms with Gasteiger partial charge in [0.25, 0.3) is 0 Å². The fraction of sp³-hybridized carbons (Fsp3) is 0.667. The van der Waals surface area contributed by atoms with E-state index < -0.39 is 11.5 Å². The minimum absolute atomic E-state index is 0.226. The van der Waals surface area contributed by atoms with E-state index in [1.54, 1.807) is 12.4 Å². The predicted octanol–water partition coefficient (Wildman–Crippen LogP) is -0.0634. The fourth-order valence-corrected chi connectivity index (χ4v) is 0.418. The molecule has 5 nitrogen and oxygen atoms in total. The van der Waals surface area contributed by atoms with Gasteiger partial charge in [0.1, 0.15) is 0 Å². The number of ether oxygens (including phenoxy) is 1. The third kappa shape index (κ3) is 2.28. The van der Waals surface area contributed by atoms with Gasteiger partial charge in [0.2, 0.25) is 0 Å². The molecule has 0 saturated carbocycles. The Morgan fingerprint density at radius 2 is 2.45 bits per heavy atom. The van der Waals surface area contributed by atoms with Gasteiger partial charge in [-0.25, -0.2) is 4.79 Å². The van der Waals surface area contributed by atoms with Crippen molar-refractivity contribution in [1.29, 1.82) is 5.41 Å². The molecule has 1 atom stereocenters. The molecule has 0 spiro atoms. The summed E-state index contributed by atoms with van der Waals surface area (Å²) in [5.74, 6) is -0.669. The number of hydrogen-bond donors (Lipinski definition) is 3. The van der Waals surface area contributed by atoms with Crippen LogP contribution in [-0.2, 0) is 9.53 Å². The molecule has 64 valence electrons. The number of carbonyl (C=O) groups excluding carboxylic acids is 1. The lowest BCUT2D eigenvalue weighted by molar-refractivity contribution is -0.150. The van der Waals surface area contributed by atoms with Gasteiger partial charge in [0.05, 0.1) is 6.61 Å². The summed E-state index contributed by atoms with van der Waals surface area (Å²) in [6.45, 7) is 3.22. The van der Waals surface area contributed by atoms with Crippen molar-refractivity contribution < 1.29 is 14.7 Å². The highest BCUT2D eigenvalue weighted by atomic mass is 16.5. The Hall–Kier alpha value is -0.940. The third-order valence-corrected chi connectivity index (χ3v) is 1.22. The predicted molar refractivity (Wildman–Crippen MR) is 38.7 cm³/mol. The summed E-state index contributed by atoms with van der Waals surface area (Å²) in [4.78, 5) is 10.9. The molecule has 11 heavy (non-hydrogen) atoms. The van der Waals surface area contributed by atoms with Gasteiger partial charge < -0.3 is 15.4 Å². The van der Waals surface area contributed by atoms with E-state index in [1.807, 2.05) is 0 Å². The van der Waals surface area contributed by atoms with Crippen LogP contribution < -0.4 is 5.48 Å². The molecule has 0 aromatic carbocycles. The molecule has 0 saturated heterocycles. The topological polar surface area (TPSA) is 82.4 Å². The van der Waals surface area contributed by atoms with Gasteiger partial charge in [-0.1, -0.05) is 0 Å². The lowest BCUT2D eigenvalue weighted by Crippen LogP contribution is -2.50. The van der Waals surface area contributed by atoms with Crippen LogP contribution in [0.25, 0.3) is 0 Å². The SMILES string of the molecule is CCOC(=O)C(C)(C=N)NO. The largest absolute Gasteiger partial charge is 0.464 e. The van der Waals surface area contributed by atoms with Crippen molar-refractivity contribution in [1.82, 2.24) is 5.48 Å². The Kier molecular flexibility index (Phi) is 3.70. The molecule has 0 aliphatic carbocycles. The standard InChI is InChI=1S/C6H12N2O3/c1-3-11-5(9)6(2,4-7)8-10/h4,7-8,10H,3H2,1-2H3. The van der Waals surface area contributed by atoms with Crippen molar-refractivity contribution in [2.75, 3.05) is 6.61 Å². The Balaban J connectivity index is 4.24. The second kappa shape index (κ2) is 4.05. The first-order chi connectivity index (χ1) is 5.10. The Bertz CT molecular complexity index is 160. The average molecular weight is 160 g/mol. The molecule has 5 heteroatoms. The molecular weight excluding hydrogens is 148 g/mol. The third-order valence-electron chi connectivity index (χ3n) is 1.22. The van der Waals surface area contributed by atoms with Crippen molar-refractivity contribution >= 4 is 12.2 Å². The van der Waals surface area contributed by atoms with Crippen LogP contribution in [0.5, 0.6) is 0 Å². The molecular formula is C6H12N2O3. The number of carbonyl (C=O) groups is 1. The molecule has 0 aromatic heterocycles. The van der Waals surface area contributed by atoms with Crippen molar-refractivity contribution in [3.63, 3.8) is 0 Å². The summed E-state index contributed by atoms with van der Waals surface area (Å²) in [6.07, 6.45) is 0.783. The highest BCUT2D eigenvalue weighted by Gasteiger charge is 2.31. The molecule has 0 fully saturated rings. The van der Waals surface area contributed by atoms with Crippen molar-refractivity contribution in [2.45, 2.75) is 19.4 Å². The Morgan fingerprint density at radius 3 is 2.73 bits per heavy atom. The van der Waals surface area contributed by atoms with Gasteiger partial charge in [-0.05, 0) is 13.8 Å². The van der Waals surface area contributed by atoms with E-state index in [-0.39, 0.29) is 6.61 Å². The van der Waals surface area contributed by atoms with E-state index in [1.165, 1.54) is 6.92 Å². The van der Waals surface area contributed by atoms with Crippen molar-refractivity contribution in [3.8, 4) is 0 Å². The van der Waals surface area contributed by atoms with Gasteiger partial charge >= 0.3 is 5.97 Å². The van der Waals surface area contributed by atoms with E-state index in [0.717, 1.165) is 6.21 Å². The molecule has 0 amide bonds. The molecule has 0 rings (SSSR count). The molecule has 0 aromatic rings.